The van der Waals surface area contributed by atoms with E-state index < -0.39 is 0 Å². The van der Waals surface area contributed by atoms with Gasteiger partial charge in [-0.1, -0.05) is 11.8 Å². The number of benzene rings is 2. The Morgan fingerprint density at radius 1 is 0.828 bits per heavy atom. The monoisotopic (exact) mass is 418 g/mol. The number of rotatable bonds is 10. The summed E-state index contributed by atoms with van der Waals surface area (Å²) in [4.78, 5) is 0. The van der Waals surface area contributed by atoms with Gasteiger partial charge in [0.25, 0.3) is 5.22 Å². The Kier molecular flexibility index (Phi) is 7.07. The molecule has 3 aromatic rings. The van der Waals surface area contributed by atoms with Gasteiger partial charge in [0, 0.05) is 11.3 Å². The molecule has 0 aliphatic heterocycles. The van der Waals surface area contributed by atoms with Crippen LogP contribution in [0.15, 0.2) is 46.0 Å². The lowest BCUT2D eigenvalue weighted by molar-refractivity contribution is 0.324. The number of aromatic nitrogens is 2. The van der Waals surface area contributed by atoms with Crippen LogP contribution in [0, 0.1) is 0 Å². The van der Waals surface area contributed by atoms with E-state index in [1.54, 1.807) is 40.6 Å². The Hall–Kier alpha value is -3.07. The standard InChI is InChI=1S/C20H22N2O6S/c1-23-14-5-7-15(8-6-14)27-9-10-29-20-22-21-19(28-20)13-11-16(24-2)18(26-4)17(12-13)25-3/h5-8,11-12H,9-10H2,1-4H3. The van der Waals surface area contributed by atoms with Crippen molar-refractivity contribution in [2.24, 2.45) is 0 Å². The van der Waals surface area contributed by atoms with Crippen molar-refractivity contribution in [2.75, 3.05) is 40.8 Å². The van der Waals surface area contributed by atoms with Crippen LogP contribution in [0.25, 0.3) is 11.5 Å². The topological polar surface area (TPSA) is 85.1 Å². The van der Waals surface area contributed by atoms with E-state index in [0.29, 0.717) is 46.3 Å². The Bertz CT molecular complexity index is 904. The van der Waals surface area contributed by atoms with E-state index in [9.17, 15) is 0 Å². The van der Waals surface area contributed by atoms with Gasteiger partial charge in [0.1, 0.15) is 11.5 Å². The van der Waals surface area contributed by atoms with Crippen molar-refractivity contribution in [3.8, 4) is 40.2 Å². The summed E-state index contributed by atoms with van der Waals surface area (Å²) < 4.78 is 32.6. The van der Waals surface area contributed by atoms with Crippen LogP contribution >= 0.6 is 11.8 Å². The zero-order valence-electron chi connectivity index (χ0n) is 16.6. The Balaban J connectivity index is 1.60. The molecule has 8 nitrogen and oxygen atoms in total. The van der Waals surface area contributed by atoms with E-state index in [-0.39, 0.29) is 0 Å². The largest absolute Gasteiger partial charge is 0.497 e. The van der Waals surface area contributed by atoms with Gasteiger partial charge in [0.05, 0.1) is 35.0 Å². The van der Waals surface area contributed by atoms with Crippen molar-refractivity contribution in [1.82, 2.24) is 10.2 Å². The molecule has 0 fully saturated rings. The van der Waals surface area contributed by atoms with E-state index in [4.69, 9.17) is 28.1 Å². The minimum atomic E-state index is 0.364. The van der Waals surface area contributed by atoms with E-state index in [1.165, 1.54) is 11.8 Å². The molecule has 1 aromatic heterocycles. The first-order valence-corrected chi connectivity index (χ1v) is 9.70. The van der Waals surface area contributed by atoms with Gasteiger partial charge in [-0.3, -0.25) is 0 Å². The molecular formula is C20H22N2O6S. The third-order valence-corrected chi connectivity index (χ3v) is 4.74. The molecule has 1 heterocycles. The van der Waals surface area contributed by atoms with Gasteiger partial charge >= 0.3 is 0 Å². The van der Waals surface area contributed by atoms with E-state index in [0.717, 1.165) is 11.5 Å². The van der Waals surface area contributed by atoms with Crippen molar-refractivity contribution < 1.29 is 28.1 Å². The highest BCUT2D eigenvalue weighted by molar-refractivity contribution is 7.99. The number of nitrogens with zero attached hydrogens (tertiary/aromatic N) is 2. The molecule has 154 valence electrons. The predicted octanol–water partition coefficient (Wildman–Crippen LogP) is 3.94. The van der Waals surface area contributed by atoms with Gasteiger partial charge in [0.15, 0.2) is 11.5 Å². The van der Waals surface area contributed by atoms with Crippen LogP contribution in [0.3, 0.4) is 0 Å². The lowest BCUT2D eigenvalue weighted by atomic mass is 10.2. The number of hydrogen-bond donors (Lipinski definition) is 0. The van der Waals surface area contributed by atoms with Crippen molar-refractivity contribution in [2.45, 2.75) is 5.22 Å². The maximum Gasteiger partial charge on any atom is 0.276 e. The molecule has 0 spiro atoms. The number of thioether (sulfide) groups is 1. The van der Waals surface area contributed by atoms with Crippen LogP contribution in [-0.2, 0) is 0 Å². The molecule has 9 heteroatoms. The average molecular weight is 418 g/mol. The zero-order chi connectivity index (χ0) is 20.6. The van der Waals surface area contributed by atoms with Gasteiger partial charge in [-0.05, 0) is 36.4 Å². The molecule has 0 amide bonds. The lowest BCUT2D eigenvalue weighted by Gasteiger charge is -2.12. The Morgan fingerprint density at radius 2 is 1.48 bits per heavy atom. The number of methoxy groups -OCH3 is 4. The number of hydrogen-bond acceptors (Lipinski definition) is 9. The van der Waals surface area contributed by atoms with Gasteiger partial charge in [-0.25, -0.2) is 0 Å². The molecule has 0 saturated carbocycles. The lowest BCUT2D eigenvalue weighted by Crippen LogP contribution is -1.99. The van der Waals surface area contributed by atoms with E-state index in [1.807, 2.05) is 24.3 Å². The molecule has 0 aliphatic carbocycles. The first kappa shape index (κ1) is 20.7. The molecular weight excluding hydrogens is 396 g/mol. The first-order chi connectivity index (χ1) is 14.2. The first-order valence-electron chi connectivity index (χ1n) is 8.72. The summed E-state index contributed by atoms with van der Waals surface area (Å²) in [5.41, 5.74) is 0.674. The van der Waals surface area contributed by atoms with Crippen LogP contribution in [0.1, 0.15) is 0 Å². The summed E-state index contributed by atoms with van der Waals surface area (Å²) in [6.45, 7) is 0.499. The van der Waals surface area contributed by atoms with Crippen molar-refractivity contribution >= 4 is 11.8 Å². The van der Waals surface area contributed by atoms with Crippen LogP contribution in [-0.4, -0.2) is 51.0 Å². The summed E-state index contributed by atoms with van der Waals surface area (Å²) in [5, 5.41) is 8.63. The van der Waals surface area contributed by atoms with Crippen molar-refractivity contribution in [3.05, 3.63) is 36.4 Å². The zero-order valence-corrected chi connectivity index (χ0v) is 17.4. The van der Waals surface area contributed by atoms with E-state index >= 15 is 0 Å². The van der Waals surface area contributed by atoms with Gasteiger partial charge < -0.3 is 28.1 Å². The summed E-state index contributed by atoms with van der Waals surface area (Å²) in [6, 6.07) is 10.9. The van der Waals surface area contributed by atoms with Crippen LogP contribution < -0.4 is 23.7 Å². The van der Waals surface area contributed by atoms with Crippen LogP contribution in [0.2, 0.25) is 0 Å². The van der Waals surface area contributed by atoms with Crippen LogP contribution in [0.5, 0.6) is 28.7 Å². The highest BCUT2D eigenvalue weighted by Crippen LogP contribution is 2.41. The van der Waals surface area contributed by atoms with Gasteiger partial charge in [-0.15, -0.1) is 10.2 Å². The average Bonchev–Trinajstić information content (AvgIpc) is 3.25. The molecule has 3 rings (SSSR count). The highest BCUT2D eigenvalue weighted by Gasteiger charge is 2.17. The van der Waals surface area contributed by atoms with Gasteiger partial charge in [0.2, 0.25) is 11.6 Å². The molecule has 0 unspecified atom stereocenters. The maximum absolute atomic E-state index is 5.74. The predicted molar refractivity (Wildman–Crippen MR) is 109 cm³/mol. The summed E-state index contributed by atoms with van der Waals surface area (Å²) >= 11 is 1.41. The molecule has 0 bridgehead atoms. The summed E-state index contributed by atoms with van der Waals surface area (Å²) in [7, 11) is 6.29. The second kappa shape index (κ2) is 9.92. The molecule has 0 aliphatic rings. The normalized spacial score (nSPS) is 10.5. The summed E-state index contributed by atoms with van der Waals surface area (Å²) in [6.07, 6.45) is 0. The Labute approximate surface area is 173 Å². The molecule has 0 atom stereocenters. The third kappa shape index (κ3) is 5.05. The van der Waals surface area contributed by atoms with E-state index in [2.05, 4.69) is 10.2 Å². The third-order valence-electron chi connectivity index (χ3n) is 3.96. The van der Waals surface area contributed by atoms with Crippen molar-refractivity contribution in [1.29, 1.82) is 0 Å². The second-order valence-electron chi connectivity index (χ2n) is 5.66. The molecule has 0 N–H and O–H groups in total. The highest BCUT2D eigenvalue weighted by atomic mass is 32.2. The SMILES string of the molecule is COc1ccc(OCCSc2nnc(-c3cc(OC)c(OC)c(OC)c3)o2)cc1. The minimum Gasteiger partial charge on any atom is -0.497 e. The quantitative estimate of drug-likeness (QED) is 0.359. The smallest absolute Gasteiger partial charge is 0.276 e. The number of ether oxygens (including phenoxy) is 5. The molecule has 0 saturated heterocycles. The van der Waals surface area contributed by atoms with Crippen LogP contribution in [0.4, 0.5) is 0 Å². The van der Waals surface area contributed by atoms with Gasteiger partial charge in [-0.2, -0.15) is 0 Å². The fourth-order valence-electron chi connectivity index (χ4n) is 2.55. The molecule has 2 aromatic carbocycles. The Morgan fingerprint density at radius 3 is 2.07 bits per heavy atom. The molecule has 0 radical (unpaired) electrons. The van der Waals surface area contributed by atoms with Crippen molar-refractivity contribution in [3.63, 3.8) is 0 Å². The maximum atomic E-state index is 5.74. The summed E-state index contributed by atoms with van der Waals surface area (Å²) in [5.74, 6) is 4.12. The molecule has 29 heavy (non-hydrogen) atoms. The fraction of sp³-hybridized carbons (Fsp3) is 0.300. The fourth-order valence-corrected chi connectivity index (χ4v) is 3.13. The minimum absolute atomic E-state index is 0.364. The second-order valence-corrected chi connectivity index (χ2v) is 6.71.